The lowest BCUT2D eigenvalue weighted by Gasteiger charge is -2.54. The average molecular weight is 378 g/mol. The van der Waals surface area contributed by atoms with Gasteiger partial charge < -0.3 is 15.3 Å². The van der Waals surface area contributed by atoms with E-state index >= 15 is 0 Å². The van der Waals surface area contributed by atoms with Crippen LogP contribution in [0.25, 0.3) is 11.1 Å². The third-order valence-corrected chi connectivity index (χ3v) is 5.93. The number of carbonyl (C=O) groups excluding carboxylic acids is 2. The molecule has 28 heavy (non-hydrogen) atoms. The Hall–Kier alpha value is -2.66. The molecule has 146 valence electrons. The second-order valence-electron chi connectivity index (χ2n) is 7.78. The highest BCUT2D eigenvalue weighted by molar-refractivity contribution is 5.81. The Morgan fingerprint density at radius 2 is 1.64 bits per heavy atom. The number of benzene rings is 2. The van der Waals surface area contributed by atoms with Gasteiger partial charge in [0.15, 0.2) is 0 Å². The molecule has 0 bridgehead atoms. The molecule has 1 saturated carbocycles. The van der Waals surface area contributed by atoms with Gasteiger partial charge in [0.1, 0.15) is 0 Å². The zero-order chi connectivity index (χ0) is 19.7. The summed E-state index contributed by atoms with van der Waals surface area (Å²) in [6.07, 6.45) is 1.91. The molecule has 3 atom stereocenters. The minimum absolute atomic E-state index is 0.0122. The summed E-state index contributed by atoms with van der Waals surface area (Å²) in [6, 6.07) is 18.1. The molecule has 0 aromatic heterocycles. The Bertz CT molecular complexity index is 846. The molecule has 0 spiro atoms. The van der Waals surface area contributed by atoms with Crippen molar-refractivity contribution in [1.29, 1.82) is 0 Å². The van der Waals surface area contributed by atoms with E-state index in [0.29, 0.717) is 6.54 Å². The first kappa shape index (κ1) is 18.7. The number of nitrogens with zero attached hydrogens (tertiary/aromatic N) is 1. The SMILES string of the molecule is CC(=O)N1[C@H](CNC(=O)C2CC2)[C@H](c2ccc(-c3ccccc3)cc2)[C@@H]1CO. The second-order valence-corrected chi connectivity index (χ2v) is 7.78. The smallest absolute Gasteiger partial charge is 0.223 e. The number of hydrogen-bond donors (Lipinski definition) is 2. The summed E-state index contributed by atoms with van der Waals surface area (Å²) in [6.45, 7) is 1.86. The minimum atomic E-state index is -0.247. The average Bonchev–Trinajstić information content (AvgIpc) is 3.53. The van der Waals surface area contributed by atoms with Crippen LogP contribution in [0.4, 0.5) is 0 Å². The number of carbonyl (C=O) groups is 2. The molecule has 2 N–H and O–H groups in total. The molecule has 5 nitrogen and oxygen atoms in total. The number of likely N-dealkylation sites (tertiary alicyclic amines) is 1. The van der Waals surface area contributed by atoms with E-state index < -0.39 is 0 Å². The topological polar surface area (TPSA) is 69.6 Å². The van der Waals surface area contributed by atoms with E-state index in [0.717, 1.165) is 29.5 Å². The van der Waals surface area contributed by atoms with Crippen molar-refractivity contribution in [3.05, 3.63) is 60.2 Å². The number of amides is 2. The van der Waals surface area contributed by atoms with Crippen molar-refractivity contribution >= 4 is 11.8 Å². The first-order valence-electron chi connectivity index (χ1n) is 9.93. The maximum absolute atomic E-state index is 12.1. The summed E-state index contributed by atoms with van der Waals surface area (Å²) < 4.78 is 0. The van der Waals surface area contributed by atoms with Gasteiger partial charge in [-0.1, -0.05) is 54.6 Å². The van der Waals surface area contributed by atoms with Crippen LogP contribution in [0.5, 0.6) is 0 Å². The van der Waals surface area contributed by atoms with Crippen LogP contribution in [0.3, 0.4) is 0 Å². The van der Waals surface area contributed by atoms with Crippen molar-refractivity contribution in [2.45, 2.75) is 37.8 Å². The summed E-state index contributed by atoms with van der Waals surface area (Å²) in [5, 5.41) is 12.9. The molecule has 4 rings (SSSR count). The van der Waals surface area contributed by atoms with E-state index in [-0.39, 0.29) is 42.3 Å². The molecule has 0 radical (unpaired) electrons. The third-order valence-electron chi connectivity index (χ3n) is 5.93. The fraction of sp³-hybridized carbons (Fsp3) is 0.391. The normalized spacial score (nSPS) is 23.8. The van der Waals surface area contributed by atoms with Crippen LogP contribution < -0.4 is 5.32 Å². The van der Waals surface area contributed by atoms with E-state index in [4.69, 9.17) is 0 Å². The summed E-state index contributed by atoms with van der Waals surface area (Å²) in [5.74, 6) is 0.164. The zero-order valence-corrected chi connectivity index (χ0v) is 16.0. The van der Waals surface area contributed by atoms with Crippen LogP contribution >= 0.6 is 0 Å². The van der Waals surface area contributed by atoms with E-state index in [1.54, 1.807) is 4.90 Å². The van der Waals surface area contributed by atoms with Gasteiger partial charge in [-0.3, -0.25) is 9.59 Å². The lowest BCUT2D eigenvalue weighted by atomic mass is 9.74. The van der Waals surface area contributed by atoms with Crippen molar-refractivity contribution in [3.63, 3.8) is 0 Å². The van der Waals surface area contributed by atoms with Crippen LogP contribution in [0.1, 0.15) is 31.2 Å². The van der Waals surface area contributed by atoms with Gasteiger partial charge in [-0.15, -0.1) is 0 Å². The Balaban J connectivity index is 1.54. The van der Waals surface area contributed by atoms with Crippen molar-refractivity contribution in [2.24, 2.45) is 5.92 Å². The fourth-order valence-corrected chi connectivity index (χ4v) is 4.31. The van der Waals surface area contributed by atoms with Crippen molar-refractivity contribution in [2.75, 3.05) is 13.2 Å². The van der Waals surface area contributed by atoms with Crippen molar-refractivity contribution < 1.29 is 14.7 Å². The highest BCUT2D eigenvalue weighted by Gasteiger charge is 2.50. The molecule has 2 amide bonds. The van der Waals surface area contributed by atoms with Gasteiger partial charge in [0.2, 0.25) is 11.8 Å². The van der Waals surface area contributed by atoms with E-state index in [1.165, 1.54) is 6.92 Å². The number of nitrogens with one attached hydrogen (secondary N) is 1. The summed E-state index contributed by atoms with van der Waals surface area (Å²) in [5.41, 5.74) is 3.37. The van der Waals surface area contributed by atoms with Crippen LogP contribution in [0, 0.1) is 5.92 Å². The van der Waals surface area contributed by atoms with Gasteiger partial charge >= 0.3 is 0 Å². The van der Waals surface area contributed by atoms with E-state index in [2.05, 4.69) is 41.7 Å². The Labute approximate surface area is 165 Å². The van der Waals surface area contributed by atoms with Crippen LogP contribution in [0.15, 0.2) is 54.6 Å². The molecule has 2 fully saturated rings. The molecular weight excluding hydrogens is 352 g/mol. The van der Waals surface area contributed by atoms with Gasteiger partial charge in [-0.05, 0) is 29.5 Å². The van der Waals surface area contributed by atoms with Crippen LogP contribution in [-0.4, -0.2) is 47.1 Å². The minimum Gasteiger partial charge on any atom is -0.394 e. The Morgan fingerprint density at radius 1 is 1.00 bits per heavy atom. The predicted octanol–water partition coefficient (Wildman–Crippen LogP) is 2.56. The molecule has 2 aromatic rings. The van der Waals surface area contributed by atoms with E-state index in [9.17, 15) is 14.7 Å². The monoisotopic (exact) mass is 378 g/mol. The highest BCUT2D eigenvalue weighted by Crippen LogP contribution is 2.41. The van der Waals surface area contributed by atoms with Crippen molar-refractivity contribution in [1.82, 2.24) is 10.2 Å². The molecule has 2 aliphatic rings. The number of rotatable bonds is 6. The molecule has 0 unspecified atom stereocenters. The van der Waals surface area contributed by atoms with Gasteiger partial charge in [0.25, 0.3) is 0 Å². The molecular formula is C23H26N2O3. The van der Waals surface area contributed by atoms with Gasteiger partial charge in [-0.2, -0.15) is 0 Å². The predicted molar refractivity (Wildman–Crippen MR) is 108 cm³/mol. The third kappa shape index (κ3) is 3.54. The molecule has 1 aliphatic carbocycles. The maximum Gasteiger partial charge on any atom is 0.223 e. The molecule has 1 aliphatic heterocycles. The number of hydrogen-bond acceptors (Lipinski definition) is 3. The Morgan fingerprint density at radius 3 is 2.21 bits per heavy atom. The van der Waals surface area contributed by atoms with Gasteiger partial charge in [0, 0.05) is 25.3 Å². The first-order chi connectivity index (χ1) is 13.6. The maximum atomic E-state index is 12.1. The molecule has 5 heteroatoms. The second kappa shape index (κ2) is 7.76. The van der Waals surface area contributed by atoms with E-state index in [1.807, 2.05) is 18.2 Å². The van der Waals surface area contributed by atoms with Gasteiger partial charge in [0.05, 0.1) is 18.7 Å². The van der Waals surface area contributed by atoms with Crippen LogP contribution in [0.2, 0.25) is 0 Å². The van der Waals surface area contributed by atoms with Crippen LogP contribution in [-0.2, 0) is 9.59 Å². The lowest BCUT2D eigenvalue weighted by Crippen LogP contribution is -2.68. The Kier molecular flexibility index (Phi) is 5.18. The largest absolute Gasteiger partial charge is 0.394 e. The standard InChI is InChI=1S/C23H26N2O3/c1-15(27)25-20(13-24-23(28)19-11-12-19)22(21(25)14-26)18-9-7-17(8-10-18)16-5-3-2-4-6-16/h2-10,19-22,26H,11-14H2,1H3,(H,24,28)/t20-,21+,22+/m1/s1. The molecule has 2 aromatic carbocycles. The summed E-state index contributed by atoms with van der Waals surface area (Å²) in [4.78, 5) is 25.9. The molecule has 1 saturated heterocycles. The van der Waals surface area contributed by atoms with Crippen molar-refractivity contribution in [3.8, 4) is 11.1 Å². The number of aliphatic hydroxyl groups is 1. The summed E-state index contributed by atoms with van der Waals surface area (Å²) in [7, 11) is 0. The summed E-state index contributed by atoms with van der Waals surface area (Å²) >= 11 is 0. The number of aliphatic hydroxyl groups excluding tert-OH is 1. The zero-order valence-electron chi connectivity index (χ0n) is 16.0. The molecule has 1 heterocycles. The fourth-order valence-electron chi connectivity index (χ4n) is 4.31. The quantitative estimate of drug-likeness (QED) is 0.812. The lowest BCUT2D eigenvalue weighted by molar-refractivity contribution is -0.148. The van der Waals surface area contributed by atoms with Gasteiger partial charge in [-0.25, -0.2) is 0 Å². The first-order valence-corrected chi connectivity index (χ1v) is 9.93. The highest BCUT2D eigenvalue weighted by atomic mass is 16.3.